The number of rotatable bonds is 2. The lowest BCUT2D eigenvalue weighted by atomic mass is 9.84. The maximum Gasteiger partial charge on any atom is -0.00200 e. The van der Waals surface area contributed by atoms with E-state index >= 15 is 0 Å². The Kier molecular flexibility index (Phi) is 4.11. The van der Waals surface area contributed by atoms with Gasteiger partial charge in [-0.05, 0) is 61.5 Å². The predicted molar refractivity (Wildman–Crippen MR) is 135 cm³/mol. The molecule has 0 saturated carbocycles. The van der Waals surface area contributed by atoms with Gasteiger partial charge < -0.3 is 0 Å². The van der Waals surface area contributed by atoms with Gasteiger partial charge in [-0.25, -0.2) is 0 Å². The van der Waals surface area contributed by atoms with Crippen molar-refractivity contribution < 1.29 is 0 Å². The average Bonchev–Trinajstić information content (AvgIpc) is 2.83. The molecular weight excluding hydrogens is 372 g/mol. The van der Waals surface area contributed by atoms with Crippen LogP contribution in [0.15, 0.2) is 115 Å². The highest BCUT2D eigenvalue weighted by Gasteiger charge is 2.17. The topological polar surface area (TPSA) is 0 Å². The largest absolute Gasteiger partial charge is 0.0622 e. The fourth-order valence-corrected chi connectivity index (χ4v) is 4.94. The van der Waals surface area contributed by atoms with Crippen molar-refractivity contribution >= 4 is 32.3 Å². The minimum absolute atomic E-state index is 1.26. The molecule has 0 aliphatic rings. The van der Waals surface area contributed by atoms with Crippen LogP contribution in [-0.4, -0.2) is 0 Å². The average molecular weight is 395 g/mol. The molecule has 0 fully saturated rings. The van der Waals surface area contributed by atoms with E-state index in [2.05, 4.69) is 122 Å². The van der Waals surface area contributed by atoms with Crippen LogP contribution in [-0.2, 0) is 0 Å². The number of benzene rings is 6. The van der Waals surface area contributed by atoms with E-state index in [9.17, 15) is 0 Å². The van der Waals surface area contributed by atoms with E-state index in [0.717, 1.165) is 0 Å². The first-order valence-corrected chi connectivity index (χ1v) is 10.8. The van der Waals surface area contributed by atoms with Crippen molar-refractivity contribution in [2.45, 2.75) is 6.92 Å². The molecule has 0 aliphatic heterocycles. The highest BCUT2D eigenvalue weighted by atomic mass is 14.2. The van der Waals surface area contributed by atoms with E-state index in [4.69, 9.17) is 0 Å². The van der Waals surface area contributed by atoms with Crippen LogP contribution in [0.1, 0.15) is 5.56 Å². The van der Waals surface area contributed by atoms with Crippen LogP contribution in [0.4, 0.5) is 0 Å². The Hall–Kier alpha value is -3.90. The number of hydrogen-bond donors (Lipinski definition) is 0. The first-order valence-electron chi connectivity index (χ1n) is 10.8. The van der Waals surface area contributed by atoms with Crippen LogP contribution >= 0.6 is 0 Å². The molecule has 146 valence electrons. The predicted octanol–water partition coefficient (Wildman–Crippen LogP) is 8.79. The molecule has 0 aromatic heterocycles. The van der Waals surface area contributed by atoms with Gasteiger partial charge in [-0.3, -0.25) is 0 Å². The number of fused-ring (bicyclic) bond motifs is 3. The molecule has 0 bridgehead atoms. The van der Waals surface area contributed by atoms with Crippen molar-refractivity contribution in [1.29, 1.82) is 0 Å². The Morgan fingerprint density at radius 3 is 1.84 bits per heavy atom. The van der Waals surface area contributed by atoms with Gasteiger partial charge in [-0.15, -0.1) is 0 Å². The summed E-state index contributed by atoms with van der Waals surface area (Å²) < 4.78 is 0. The summed E-state index contributed by atoms with van der Waals surface area (Å²) in [7, 11) is 0. The molecule has 0 heteroatoms. The van der Waals surface area contributed by atoms with Crippen molar-refractivity contribution in [3.63, 3.8) is 0 Å². The Balaban J connectivity index is 1.87. The van der Waals surface area contributed by atoms with Gasteiger partial charge in [0, 0.05) is 0 Å². The summed E-state index contributed by atoms with van der Waals surface area (Å²) in [5, 5.41) is 7.79. The van der Waals surface area contributed by atoms with E-state index < -0.39 is 0 Å². The lowest BCUT2D eigenvalue weighted by molar-refractivity contribution is 1.51. The Labute approximate surface area is 182 Å². The number of aryl methyl sites for hydroxylation is 1. The SMILES string of the molecule is Cc1ccc2c(-c3ccccc3)c3ccccc3c(-c3cccc4ccccc34)c2c1. The molecule has 0 atom stereocenters. The van der Waals surface area contributed by atoms with Gasteiger partial charge >= 0.3 is 0 Å². The van der Waals surface area contributed by atoms with Crippen LogP contribution in [0.5, 0.6) is 0 Å². The van der Waals surface area contributed by atoms with E-state index in [0.29, 0.717) is 0 Å². The van der Waals surface area contributed by atoms with Gasteiger partial charge in [0.25, 0.3) is 0 Å². The summed E-state index contributed by atoms with van der Waals surface area (Å²) in [6, 6.07) is 41.9. The monoisotopic (exact) mass is 394 g/mol. The molecular formula is C31H22. The van der Waals surface area contributed by atoms with Crippen molar-refractivity contribution in [1.82, 2.24) is 0 Å². The van der Waals surface area contributed by atoms with Gasteiger partial charge in [0.2, 0.25) is 0 Å². The zero-order valence-corrected chi connectivity index (χ0v) is 17.5. The molecule has 0 aliphatic carbocycles. The van der Waals surface area contributed by atoms with Gasteiger partial charge in [0.05, 0.1) is 0 Å². The molecule has 0 amide bonds. The molecule has 0 heterocycles. The summed E-state index contributed by atoms with van der Waals surface area (Å²) in [6.45, 7) is 2.18. The van der Waals surface area contributed by atoms with Crippen LogP contribution in [0, 0.1) is 6.92 Å². The van der Waals surface area contributed by atoms with Gasteiger partial charge in [0.15, 0.2) is 0 Å². The lowest BCUT2D eigenvalue weighted by Gasteiger charge is -2.19. The maximum atomic E-state index is 2.35. The quantitative estimate of drug-likeness (QED) is 0.257. The third-order valence-corrected chi connectivity index (χ3v) is 6.30. The summed E-state index contributed by atoms with van der Waals surface area (Å²) in [4.78, 5) is 0. The summed E-state index contributed by atoms with van der Waals surface area (Å²) >= 11 is 0. The fourth-order valence-electron chi connectivity index (χ4n) is 4.94. The maximum absolute atomic E-state index is 2.35. The molecule has 0 nitrogen and oxygen atoms in total. The zero-order valence-electron chi connectivity index (χ0n) is 17.5. The molecule has 0 saturated heterocycles. The molecule has 0 N–H and O–H groups in total. The summed E-state index contributed by atoms with van der Waals surface area (Å²) in [5.74, 6) is 0. The number of hydrogen-bond acceptors (Lipinski definition) is 0. The first-order chi connectivity index (χ1) is 15.3. The third-order valence-electron chi connectivity index (χ3n) is 6.30. The lowest BCUT2D eigenvalue weighted by Crippen LogP contribution is -1.92. The molecule has 6 aromatic rings. The van der Waals surface area contributed by atoms with Gasteiger partial charge in [-0.1, -0.05) is 121 Å². The van der Waals surface area contributed by atoms with E-state index in [1.807, 2.05) is 0 Å². The van der Waals surface area contributed by atoms with Crippen molar-refractivity contribution in [3.8, 4) is 22.3 Å². The third kappa shape index (κ3) is 2.84. The smallest absolute Gasteiger partial charge is 0.00200 e. The molecule has 6 aromatic carbocycles. The van der Waals surface area contributed by atoms with E-state index in [-0.39, 0.29) is 0 Å². The van der Waals surface area contributed by atoms with E-state index in [1.54, 1.807) is 0 Å². The normalized spacial score (nSPS) is 11.4. The fraction of sp³-hybridized carbons (Fsp3) is 0.0323. The molecule has 6 rings (SSSR count). The minimum Gasteiger partial charge on any atom is -0.0622 e. The highest BCUT2D eigenvalue weighted by molar-refractivity contribution is 6.23. The van der Waals surface area contributed by atoms with Crippen molar-refractivity contribution in [3.05, 3.63) is 121 Å². The Bertz CT molecular complexity index is 1570. The minimum atomic E-state index is 1.26. The molecule has 0 unspecified atom stereocenters. The molecule has 31 heavy (non-hydrogen) atoms. The standard InChI is InChI=1S/C31H22/c1-21-18-19-28-29(20-21)31(25-17-9-13-22-10-5-6-14-24(22)25)27-16-8-7-15-26(27)30(28)23-11-3-2-4-12-23/h2-20H,1H3. The van der Waals surface area contributed by atoms with Gasteiger partial charge in [-0.2, -0.15) is 0 Å². The summed E-state index contributed by atoms with van der Waals surface area (Å²) in [5.41, 5.74) is 6.48. The second-order valence-corrected chi connectivity index (χ2v) is 8.24. The van der Waals surface area contributed by atoms with Gasteiger partial charge in [0.1, 0.15) is 0 Å². The second kappa shape index (κ2) is 7.11. The first kappa shape index (κ1) is 17.9. The Morgan fingerprint density at radius 1 is 0.419 bits per heavy atom. The molecule has 0 radical (unpaired) electrons. The summed E-state index contributed by atoms with van der Waals surface area (Å²) in [6.07, 6.45) is 0. The highest BCUT2D eigenvalue weighted by Crippen LogP contribution is 2.45. The molecule has 0 spiro atoms. The Morgan fingerprint density at radius 2 is 1.03 bits per heavy atom. The van der Waals surface area contributed by atoms with Crippen LogP contribution in [0.2, 0.25) is 0 Å². The second-order valence-electron chi connectivity index (χ2n) is 8.24. The van der Waals surface area contributed by atoms with E-state index in [1.165, 1.54) is 60.1 Å². The zero-order chi connectivity index (χ0) is 20.8. The van der Waals surface area contributed by atoms with Crippen LogP contribution in [0.25, 0.3) is 54.6 Å². The van der Waals surface area contributed by atoms with Crippen molar-refractivity contribution in [2.24, 2.45) is 0 Å². The van der Waals surface area contributed by atoms with Crippen molar-refractivity contribution in [2.75, 3.05) is 0 Å². The van der Waals surface area contributed by atoms with Crippen LogP contribution in [0.3, 0.4) is 0 Å². The van der Waals surface area contributed by atoms with Crippen LogP contribution < -0.4 is 0 Å².